The Balaban J connectivity index is 1.19. The molecule has 0 aliphatic rings. The van der Waals surface area contributed by atoms with Crippen molar-refractivity contribution in [2.24, 2.45) is 5.73 Å². The highest BCUT2D eigenvalue weighted by molar-refractivity contribution is 7.93. The van der Waals surface area contributed by atoms with Crippen LogP contribution in [0, 0.1) is 0 Å². The van der Waals surface area contributed by atoms with E-state index in [1.54, 1.807) is 54.6 Å². The minimum Gasteiger partial charge on any atom is -0.507 e. The molecule has 16 heteroatoms. The van der Waals surface area contributed by atoms with E-state index >= 15 is 0 Å². The Morgan fingerprint density at radius 1 is 0.600 bits per heavy atom. The zero-order valence-electron chi connectivity index (χ0n) is 28.1. The molecule has 13 nitrogen and oxygen atoms in total. The maximum atomic E-state index is 13.3. The number of rotatable bonds is 12. The lowest BCUT2D eigenvalue weighted by molar-refractivity contribution is 0.0680. The van der Waals surface area contributed by atoms with Crippen LogP contribution in [-0.4, -0.2) is 44.9 Å². The van der Waals surface area contributed by atoms with Crippen LogP contribution in [0.2, 0.25) is 5.02 Å². The van der Waals surface area contributed by atoms with Gasteiger partial charge in [-0.2, -0.15) is 0 Å². The predicted octanol–water partition coefficient (Wildman–Crippen LogP) is 7.00. The highest BCUT2D eigenvalue weighted by Crippen LogP contribution is 2.31. The molecule has 0 fully saturated rings. The molecule has 0 saturated carbocycles. The molecule has 6 aromatic rings. The van der Waals surface area contributed by atoms with Crippen molar-refractivity contribution in [2.45, 2.75) is 9.79 Å². The number of esters is 1. The van der Waals surface area contributed by atoms with E-state index in [2.05, 4.69) is 9.44 Å². The van der Waals surface area contributed by atoms with Crippen molar-refractivity contribution in [3.05, 3.63) is 155 Å². The number of aromatic carboxylic acids is 1. The number of sulfonamides is 2. The number of amides is 1. The number of benzene rings is 6. The van der Waals surface area contributed by atoms with Crippen LogP contribution in [0.5, 0.6) is 11.5 Å². The van der Waals surface area contributed by atoms with Gasteiger partial charge in [-0.05, 0) is 95.1 Å². The fourth-order valence-corrected chi connectivity index (χ4v) is 7.76. The Morgan fingerprint density at radius 3 is 1.64 bits per heavy atom. The van der Waals surface area contributed by atoms with Crippen LogP contribution in [0.25, 0.3) is 22.3 Å². The van der Waals surface area contributed by atoms with E-state index in [0.29, 0.717) is 27.3 Å². The fraction of sp³-hybridized carbons (Fsp3) is 0. The van der Waals surface area contributed by atoms with Crippen molar-refractivity contribution in [1.29, 1.82) is 0 Å². The van der Waals surface area contributed by atoms with Crippen molar-refractivity contribution >= 4 is 60.9 Å². The van der Waals surface area contributed by atoms with E-state index in [1.807, 2.05) is 0 Å². The first kappa shape index (κ1) is 38.1. The zero-order chi connectivity index (χ0) is 39.5. The number of carboxylic acid groups (broad SMARTS) is 1. The number of ether oxygens (including phenoxy) is 1. The maximum Gasteiger partial charge on any atom is 0.347 e. The summed E-state index contributed by atoms with van der Waals surface area (Å²) in [6.07, 6.45) is 0. The van der Waals surface area contributed by atoms with Crippen LogP contribution in [0.3, 0.4) is 0 Å². The van der Waals surface area contributed by atoms with Gasteiger partial charge in [-0.3, -0.25) is 14.2 Å². The van der Waals surface area contributed by atoms with Gasteiger partial charge in [-0.1, -0.05) is 60.1 Å². The van der Waals surface area contributed by atoms with Gasteiger partial charge in [0.2, 0.25) is 5.91 Å². The molecule has 0 unspecified atom stereocenters. The molecule has 0 aliphatic carbocycles. The Bertz CT molecular complexity index is 2720. The Morgan fingerprint density at radius 2 is 1.11 bits per heavy atom. The molecule has 0 aliphatic heterocycles. The molecular weight excluding hydrogens is 770 g/mol. The van der Waals surface area contributed by atoms with Crippen LogP contribution in [0.15, 0.2) is 143 Å². The molecule has 6 rings (SSSR count). The van der Waals surface area contributed by atoms with Gasteiger partial charge in [0.1, 0.15) is 22.6 Å². The molecule has 0 spiro atoms. The van der Waals surface area contributed by atoms with Crippen LogP contribution in [0.4, 0.5) is 11.4 Å². The second-order valence-corrected chi connectivity index (χ2v) is 15.7. The topological polar surface area (TPSA) is 219 Å². The fourth-order valence-electron chi connectivity index (χ4n) is 5.38. The first-order chi connectivity index (χ1) is 26.1. The molecule has 0 saturated heterocycles. The summed E-state index contributed by atoms with van der Waals surface area (Å²) in [7, 11) is -8.45. The number of nitrogens with one attached hydrogen (secondary N) is 2. The smallest absolute Gasteiger partial charge is 0.347 e. The molecule has 0 radical (unpaired) electrons. The van der Waals surface area contributed by atoms with Crippen LogP contribution in [0.1, 0.15) is 31.1 Å². The normalized spacial score (nSPS) is 11.4. The average Bonchev–Trinajstić information content (AvgIpc) is 3.14. The van der Waals surface area contributed by atoms with Crippen LogP contribution < -0.4 is 19.9 Å². The number of carboxylic acids is 1. The van der Waals surface area contributed by atoms with Gasteiger partial charge in [-0.15, -0.1) is 0 Å². The number of phenolic OH excluding ortho intramolecular Hbond substituents is 1. The summed E-state index contributed by atoms with van der Waals surface area (Å²) in [6, 6.07) is 31.5. The number of carbonyl (C=O) groups excluding carboxylic acids is 2. The number of aromatic hydroxyl groups is 1. The summed E-state index contributed by atoms with van der Waals surface area (Å²) in [5.41, 5.74) is 6.77. The van der Waals surface area contributed by atoms with Gasteiger partial charge in [0.05, 0.1) is 21.2 Å². The van der Waals surface area contributed by atoms with Crippen molar-refractivity contribution in [3.8, 4) is 33.8 Å². The van der Waals surface area contributed by atoms with Gasteiger partial charge in [0.25, 0.3) is 20.0 Å². The number of hydrogen-bond acceptors (Lipinski definition) is 9. The molecule has 6 N–H and O–H groups in total. The third-order valence-corrected chi connectivity index (χ3v) is 11.1. The molecule has 6 aromatic carbocycles. The van der Waals surface area contributed by atoms with E-state index in [9.17, 15) is 41.4 Å². The predicted molar refractivity (Wildman–Crippen MR) is 205 cm³/mol. The number of anilines is 2. The lowest BCUT2D eigenvalue weighted by Crippen LogP contribution is -2.15. The Hall–Kier alpha value is -6.68. The van der Waals surface area contributed by atoms with Crippen molar-refractivity contribution in [1.82, 2.24) is 0 Å². The van der Waals surface area contributed by atoms with E-state index in [1.165, 1.54) is 54.6 Å². The SMILES string of the molecule is NC(=O)c1ccc(-c2cccc(S(=O)(=O)Nc3ccc(C(=O)Oc4cc(NS(=O)(=O)c5cccc(-c6cccc(Cl)c6)c5)ccc4C(=O)O)c(O)c3)c2)cc1. The van der Waals surface area contributed by atoms with Crippen molar-refractivity contribution in [2.75, 3.05) is 9.44 Å². The largest absolute Gasteiger partial charge is 0.507 e. The first-order valence-electron chi connectivity index (χ1n) is 15.9. The molecule has 0 heterocycles. The van der Waals surface area contributed by atoms with Crippen LogP contribution in [-0.2, 0) is 20.0 Å². The third-order valence-electron chi connectivity index (χ3n) is 8.09. The Labute approximate surface area is 319 Å². The zero-order valence-corrected chi connectivity index (χ0v) is 30.5. The molecule has 0 bridgehead atoms. The second kappa shape index (κ2) is 15.4. The van der Waals surface area contributed by atoms with E-state index < -0.39 is 60.5 Å². The first-order valence-corrected chi connectivity index (χ1v) is 19.3. The number of halogens is 1. The monoisotopic (exact) mass is 797 g/mol. The summed E-state index contributed by atoms with van der Waals surface area (Å²) in [5.74, 6) is -4.57. The number of nitrogens with two attached hydrogens (primary N) is 1. The molecule has 0 aromatic heterocycles. The molecule has 0 atom stereocenters. The lowest BCUT2D eigenvalue weighted by Gasteiger charge is -2.14. The molecule has 278 valence electrons. The van der Waals surface area contributed by atoms with Gasteiger partial charge < -0.3 is 20.7 Å². The van der Waals surface area contributed by atoms with E-state index in [0.717, 1.165) is 24.3 Å². The minimum atomic E-state index is -4.23. The van der Waals surface area contributed by atoms with Crippen molar-refractivity contribution in [3.63, 3.8) is 0 Å². The van der Waals surface area contributed by atoms with Gasteiger partial charge in [0.15, 0.2) is 0 Å². The van der Waals surface area contributed by atoms with Crippen LogP contribution >= 0.6 is 11.6 Å². The average molecular weight is 798 g/mol. The van der Waals surface area contributed by atoms with E-state index in [-0.39, 0.29) is 26.7 Å². The standard InChI is InChI=1S/C39H28ClN3O10S2/c40-28-7-1-4-25(18-28)27-6-3-9-32(20-27)55(51,52)43-30-15-17-34(38(46)47)36(22-30)53-39(48)33-16-14-29(21-35(33)44)42-54(49,50)31-8-2-5-26(19-31)23-10-12-24(13-11-23)37(41)45/h1-22,42-44H,(H2,41,45)(H,46,47). The second-order valence-electron chi connectivity index (χ2n) is 11.9. The van der Waals surface area contributed by atoms with Crippen molar-refractivity contribution < 1.29 is 46.2 Å². The highest BCUT2D eigenvalue weighted by atomic mass is 35.5. The number of hydrogen-bond donors (Lipinski definition) is 5. The van der Waals surface area contributed by atoms with Gasteiger partial charge >= 0.3 is 11.9 Å². The molecule has 55 heavy (non-hydrogen) atoms. The quantitative estimate of drug-likeness (QED) is 0.0631. The highest BCUT2D eigenvalue weighted by Gasteiger charge is 2.23. The third kappa shape index (κ3) is 8.76. The number of phenols is 1. The summed E-state index contributed by atoms with van der Waals surface area (Å²) in [6.45, 7) is 0. The summed E-state index contributed by atoms with van der Waals surface area (Å²) in [4.78, 5) is 36.3. The van der Waals surface area contributed by atoms with Gasteiger partial charge in [0, 0.05) is 22.7 Å². The van der Waals surface area contributed by atoms with E-state index in [4.69, 9.17) is 22.1 Å². The van der Waals surface area contributed by atoms with Gasteiger partial charge in [-0.25, -0.2) is 26.4 Å². The number of carbonyl (C=O) groups is 3. The lowest BCUT2D eigenvalue weighted by atomic mass is 10.0. The molecular formula is C39H28ClN3O10S2. The minimum absolute atomic E-state index is 0.115. The maximum absolute atomic E-state index is 13.3. The Kier molecular flexibility index (Phi) is 10.6. The molecule has 1 amide bonds. The number of primary amides is 1. The summed E-state index contributed by atoms with van der Waals surface area (Å²) in [5, 5.41) is 20.9. The summed E-state index contributed by atoms with van der Waals surface area (Å²) >= 11 is 6.09. The summed E-state index contributed by atoms with van der Waals surface area (Å²) < 4.78 is 63.2.